The molecule has 0 heterocycles. The number of ether oxygens (including phenoxy) is 3. The second-order valence-corrected chi connectivity index (χ2v) is 19.8. The summed E-state index contributed by atoms with van der Waals surface area (Å²) < 4.78 is 16.2. The molecule has 0 radical (unpaired) electrons. The molecule has 8 nitrogen and oxygen atoms in total. The second kappa shape index (κ2) is 46.8. The van der Waals surface area contributed by atoms with Crippen LogP contribution in [0.15, 0.2) is 0 Å². The normalized spacial score (nSPS) is 12.9. The number of hydrogen-bond acceptors (Lipinski definition) is 6. The number of aliphatic hydroxyl groups is 1. The van der Waals surface area contributed by atoms with Crippen LogP contribution in [0.2, 0.25) is 0 Å². The standard InChI is InChI=1S/C53H105NO7/c1-5-6-7-8-9-10-11-12-13-14-15-16-17-18-19-20-21-22-23-24-25-26-27-28-29-30-31-32-33-34-35-36-37-38-39-40-41-42-43-44-45-51(56)60-48-50(55)49-61-53(52(57)58)59-47-46-54(2,3)4/h50,53,55H,5-49H2,1-4H3/p+1. The summed E-state index contributed by atoms with van der Waals surface area (Å²) in [4.78, 5) is 23.4. The summed E-state index contributed by atoms with van der Waals surface area (Å²) in [6.07, 6.45) is 53.6. The van der Waals surface area contributed by atoms with Gasteiger partial charge >= 0.3 is 11.9 Å². The number of carboxylic acid groups (broad SMARTS) is 1. The van der Waals surface area contributed by atoms with Gasteiger partial charge in [0.15, 0.2) is 0 Å². The van der Waals surface area contributed by atoms with Crippen LogP contribution in [0.5, 0.6) is 0 Å². The van der Waals surface area contributed by atoms with Crippen molar-refractivity contribution in [1.82, 2.24) is 0 Å². The quantitative estimate of drug-likeness (QED) is 0.0272. The Labute approximate surface area is 379 Å². The molecular weight excluding hydrogens is 763 g/mol. The van der Waals surface area contributed by atoms with Crippen molar-refractivity contribution >= 4 is 11.9 Å². The van der Waals surface area contributed by atoms with E-state index in [9.17, 15) is 19.8 Å². The molecule has 61 heavy (non-hydrogen) atoms. The van der Waals surface area contributed by atoms with Crippen LogP contribution in [0.3, 0.4) is 0 Å². The van der Waals surface area contributed by atoms with Crippen LogP contribution in [0, 0.1) is 0 Å². The maximum atomic E-state index is 12.0. The number of unbranched alkanes of at least 4 members (excludes halogenated alkanes) is 39. The molecule has 0 aromatic carbocycles. The average molecular weight is 869 g/mol. The van der Waals surface area contributed by atoms with Crippen molar-refractivity contribution in [1.29, 1.82) is 0 Å². The molecule has 2 atom stereocenters. The van der Waals surface area contributed by atoms with Crippen LogP contribution in [-0.2, 0) is 23.8 Å². The first kappa shape index (κ1) is 59.8. The number of hydrogen-bond donors (Lipinski definition) is 2. The molecule has 0 aromatic rings. The smallest absolute Gasteiger partial charge is 0.361 e. The molecular formula is C53H106NO7+. The van der Waals surface area contributed by atoms with Gasteiger partial charge in [0.05, 0.1) is 34.4 Å². The molecule has 0 aromatic heterocycles. The molecule has 364 valence electrons. The molecule has 0 bridgehead atoms. The van der Waals surface area contributed by atoms with Crippen molar-refractivity contribution in [2.75, 3.05) is 47.5 Å². The van der Waals surface area contributed by atoms with E-state index in [4.69, 9.17) is 14.2 Å². The highest BCUT2D eigenvalue weighted by Gasteiger charge is 2.22. The van der Waals surface area contributed by atoms with Crippen molar-refractivity contribution in [3.05, 3.63) is 0 Å². The number of likely N-dealkylation sites (N-methyl/N-ethyl adjacent to an activating group) is 1. The summed E-state index contributed by atoms with van der Waals surface area (Å²) in [6, 6.07) is 0. The van der Waals surface area contributed by atoms with Gasteiger partial charge in [-0.15, -0.1) is 0 Å². The Morgan fingerprint density at radius 3 is 0.967 bits per heavy atom. The zero-order valence-corrected chi connectivity index (χ0v) is 41.4. The molecule has 0 fully saturated rings. The number of quaternary nitrogens is 1. The molecule has 0 spiro atoms. The lowest BCUT2D eigenvalue weighted by Crippen LogP contribution is -2.40. The van der Waals surface area contributed by atoms with Crippen molar-refractivity contribution in [2.24, 2.45) is 0 Å². The molecule has 0 aliphatic rings. The number of carbonyl (C=O) groups excluding carboxylic acids is 1. The molecule has 0 rings (SSSR count). The summed E-state index contributed by atoms with van der Waals surface area (Å²) in [5.41, 5.74) is 0. The van der Waals surface area contributed by atoms with Gasteiger partial charge in [-0.1, -0.05) is 257 Å². The van der Waals surface area contributed by atoms with E-state index < -0.39 is 18.4 Å². The van der Waals surface area contributed by atoms with E-state index in [1.54, 1.807) is 0 Å². The third-order valence-corrected chi connectivity index (χ3v) is 12.3. The van der Waals surface area contributed by atoms with E-state index in [2.05, 4.69) is 6.92 Å². The van der Waals surface area contributed by atoms with Crippen LogP contribution in [0.25, 0.3) is 0 Å². The summed E-state index contributed by atoms with van der Waals surface area (Å²) in [7, 11) is 5.93. The van der Waals surface area contributed by atoms with Gasteiger partial charge in [-0.25, -0.2) is 4.79 Å². The fourth-order valence-corrected chi connectivity index (χ4v) is 8.19. The van der Waals surface area contributed by atoms with Crippen molar-refractivity contribution in [2.45, 2.75) is 283 Å². The Morgan fingerprint density at radius 2 is 0.705 bits per heavy atom. The van der Waals surface area contributed by atoms with Crippen LogP contribution in [-0.4, -0.2) is 86.5 Å². The highest BCUT2D eigenvalue weighted by Crippen LogP contribution is 2.18. The Balaban J connectivity index is 3.28. The molecule has 0 aliphatic carbocycles. The zero-order chi connectivity index (χ0) is 44.8. The Bertz CT molecular complexity index is 910. The fraction of sp³-hybridized carbons (Fsp3) is 0.962. The number of aliphatic hydroxyl groups excluding tert-OH is 1. The summed E-state index contributed by atoms with van der Waals surface area (Å²) >= 11 is 0. The van der Waals surface area contributed by atoms with Gasteiger partial charge in [-0.05, 0) is 6.42 Å². The minimum atomic E-state index is -1.46. The van der Waals surface area contributed by atoms with E-state index in [-0.39, 0.29) is 25.8 Å². The molecule has 0 amide bonds. The number of nitrogens with zero attached hydrogens (tertiary/aromatic N) is 1. The molecule has 8 heteroatoms. The molecule has 2 unspecified atom stereocenters. The number of rotatable bonds is 51. The molecule has 2 N–H and O–H groups in total. The van der Waals surface area contributed by atoms with E-state index in [0.717, 1.165) is 19.3 Å². The first-order valence-corrected chi connectivity index (χ1v) is 26.8. The van der Waals surface area contributed by atoms with E-state index in [1.807, 2.05) is 21.1 Å². The lowest BCUT2D eigenvalue weighted by Gasteiger charge is -2.24. The SMILES string of the molecule is CCCCCCCCCCCCCCCCCCCCCCCCCCCCCCCCCCCCCCCCCCC(=O)OCC(O)COC(OCC[N+](C)(C)C)C(=O)O. The van der Waals surface area contributed by atoms with Gasteiger partial charge in [0.2, 0.25) is 0 Å². The first-order chi connectivity index (χ1) is 29.7. The summed E-state index contributed by atoms with van der Waals surface area (Å²) in [5, 5.41) is 19.3. The summed E-state index contributed by atoms with van der Waals surface area (Å²) in [6.45, 7) is 2.63. The monoisotopic (exact) mass is 869 g/mol. The van der Waals surface area contributed by atoms with Gasteiger partial charge in [0.25, 0.3) is 6.29 Å². The van der Waals surface area contributed by atoms with Crippen LogP contribution >= 0.6 is 0 Å². The number of carbonyl (C=O) groups is 2. The van der Waals surface area contributed by atoms with Gasteiger partial charge in [-0.2, -0.15) is 0 Å². The van der Waals surface area contributed by atoms with Crippen molar-refractivity contribution < 1.29 is 38.5 Å². The van der Waals surface area contributed by atoms with Gasteiger partial charge in [0.1, 0.15) is 19.3 Å². The topological polar surface area (TPSA) is 102 Å². The minimum absolute atomic E-state index is 0.214. The van der Waals surface area contributed by atoms with E-state index in [1.165, 1.54) is 238 Å². The summed E-state index contributed by atoms with van der Waals surface area (Å²) in [5.74, 6) is -1.59. The lowest BCUT2D eigenvalue weighted by atomic mass is 10.0. The minimum Gasteiger partial charge on any atom is -0.477 e. The van der Waals surface area contributed by atoms with Gasteiger partial charge in [-0.3, -0.25) is 4.79 Å². The third-order valence-electron chi connectivity index (χ3n) is 12.3. The Hall–Kier alpha value is -1.22. The fourth-order valence-electron chi connectivity index (χ4n) is 8.19. The third kappa shape index (κ3) is 49.7. The largest absolute Gasteiger partial charge is 0.477 e. The Morgan fingerprint density at radius 1 is 0.426 bits per heavy atom. The average Bonchev–Trinajstić information content (AvgIpc) is 3.22. The lowest BCUT2D eigenvalue weighted by molar-refractivity contribution is -0.870. The first-order valence-electron chi connectivity index (χ1n) is 26.8. The predicted molar refractivity (Wildman–Crippen MR) is 258 cm³/mol. The van der Waals surface area contributed by atoms with Gasteiger partial charge in [0, 0.05) is 6.42 Å². The van der Waals surface area contributed by atoms with Crippen LogP contribution in [0.4, 0.5) is 0 Å². The highest BCUT2D eigenvalue weighted by atomic mass is 16.7. The van der Waals surface area contributed by atoms with Crippen LogP contribution < -0.4 is 0 Å². The maximum absolute atomic E-state index is 12.0. The van der Waals surface area contributed by atoms with Crippen molar-refractivity contribution in [3.63, 3.8) is 0 Å². The van der Waals surface area contributed by atoms with Crippen molar-refractivity contribution in [3.8, 4) is 0 Å². The van der Waals surface area contributed by atoms with Crippen LogP contribution in [0.1, 0.15) is 270 Å². The van der Waals surface area contributed by atoms with E-state index >= 15 is 0 Å². The molecule has 0 saturated heterocycles. The molecule has 0 aliphatic heterocycles. The van der Waals surface area contributed by atoms with Gasteiger partial charge < -0.3 is 28.9 Å². The van der Waals surface area contributed by atoms with E-state index in [0.29, 0.717) is 17.4 Å². The molecule has 0 saturated carbocycles. The Kier molecular flexibility index (Phi) is 45.8. The highest BCUT2D eigenvalue weighted by molar-refractivity contribution is 5.70. The maximum Gasteiger partial charge on any atom is 0.361 e. The number of aliphatic carboxylic acids is 1. The number of esters is 1. The predicted octanol–water partition coefficient (Wildman–Crippen LogP) is 15.1. The zero-order valence-electron chi connectivity index (χ0n) is 41.4. The number of carboxylic acids is 1. The second-order valence-electron chi connectivity index (χ2n) is 19.8.